The van der Waals surface area contributed by atoms with Crippen molar-refractivity contribution < 1.29 is 13.2 Å². The minimum absolute atomic E-state index is 0.138. The highest BCUT2D eigenvalue weighted by Gasteiger charge is 2.36. The van der Waals surface area contributed by atoms with Gasteiger partial charge in [0.25, 0.3) is 0 Å². The molecule has 0 amide bonds. The normalized spacial score (nSPS) is 19.9. The van der Waals surface area contributed by atoms with Gasteiger partial charge in [-0.1, -0.05) is 13.3 Å². The molecule has 0 aromatic heterocycles. The molecule has 1 saturated carbocycles. The van der Waals surface area contributed by atoms with E-state index in [-0.39, 0.29) is 5.41 Å². The highest BCUT2D eigenvalue weighted by atomic mass is 19.4. The van der Waals surface area contributed by atoms with Gasteiger partial charge in [0.15, 0.2) is 0 Å². The Morgan fingerprint density at radius 3 is 2.25 bits per heavy atom. The Balaban J connectivity index is 2.33. The zero-order chi connectivity index (χ0) is 12.2. The molecule has 16 heavy (non-hydrogen) atoms. The zero-order valence-corrected chi connectivity index (χ0v) is 9.82. The molecule has 2 nitrogen and oxygen atoms in total. The van der Waals surface area contributed by atoms with E-state index in [0.717, 1.165) is 19.3 Å². The van der Waals surface area contributed by atoms with Crippen LogP contribution in [-0.2, 0) is 0 Å². The summed E-state index contributed by atoms with van der Waals surface area (Å²) < 4.78 is 36.7. The summed E-state index contributed by atoms with van der Waals surface area (Å²) in [5.41, 5.74) is 5.82. The van der Waals surface area contributed by atoms with Gasteiger partial charge in [-0.3, -0.25) is 4.90 Å². The van der Waals surface area contributed by atoms with E-state index in [1.807, 2.05) is 0 Å². The summed E-state index contributed by atoms with van der Waals surface area (Å²) in [6.45, 7) is 2.52. The highest BCUT2D eigenvalue weighted by Crippen LogP contribution is 2.43. The third kappa shape index (κ3) is 3.94. The second-order valence-electron chi connectivity index (χ2n) is 4.79. The molecule has 1 rings (SSSR count). The molecule has 0 bridgehead atoms. The maximum Gasteiger partial charge on any atom is 0.401 e. The first-order valence-electron chi connectivity index (χ1n) is 5.90. The first kappa shape index (κ1) is 13.8. The number of nitrogens with two attached hydrogens (primary N) is 1. The van der Waals surface area contributed by atoms with Crippen LogP contribution in [0.15, 0.2) is 0 Å². The standard InChI is InChI=1S/C11H21F3N2/c1-2-16(9-11(12,13)14)7-6-10(8-15)4-3-5-10/h2-9,15H2,1H3. The third-order valence-corrected chi connectivity index (χ3v) is 3.66. The van der Waals surface area contributed by atoms with Gasteiger partial charge in [-0.15, -0.1) is 0 Å². The summed E-state index contributed by atoms with van der Waals surface area (Å²) in [5.74, 6) is 0. The first-order valence-corrected chi connectivity index (χ1v) is 5.90. The summed E-state index contributed by atoms with van der Waals surface area (Å²) in [6.07, 6.45) is 0.0294. The molecule has 0 saturated heterocycles. The molecule has 2 N–H and O–H groups in total. The average Bonchev–Trinajstić information content (AvgIpc) is 2.13. The molecule has 0 spiro atoms. The van der Waals surface area contributed by atoms with Crippen LogP contribution in [0.5, 0.6) is 0 Å². The molecule has 0 aliphatic heterocycles. The lowest BCUT2D eigenvalue weighted by atomic mass is 9.66. The van der Waals surface area contributed by atoms with Gasteiger partial charge >= 0.3 is 6.18 Å². The molecule has 1 aliphatic rings. The Hall–Kier alpha value is -0.290. The quantitative estimate of drug-likeness (QED) is 0.770. The number of hydrogen-bond acceptors (Lipinski definition) is 2. The SMILES string of the molecule is CCN(CCC1(CN)CCC1)CC(F)(F)F. The fraction of sp³-hybridized carbons (Fsp3) is 1.00. The second-order valence-corrected chi connectivity index (χ2v) is 4.79. The van der Waals surface area contributed by atoms with E-state index in [1.165, 1.54) is 11.3 Å². The summed E-state index contributed by atoms with van der Waals surface area (Å²) in [7, 11) is 0. The van der Waals surface area contributed by atoms with Crippen molar-refractivity contribution >= 4 is 0 Å². The summed E-state index contributed by atoms with van der Waals surface area (Å²) in [4.78, 5) is 1.45. The van der Waals surface area contributed by atoms with E-state index < -0.39 is 12.7 Å². The molecule has 0 aromatic carbocycles. The topological polar surface area (TPSA) is 29.3 Å². The number of alkyl halides is 3. The molecule has 0 unspecified atom stereocenters. The van der Waals surface area contributed by atoms with Crippen LogP contribution in [0.2, 0.25) is 0 Å². The van der Waals surface area contributed by atoms with E-state index >= 15 is 0 Å². The van der Waals surface area contributed by atoms with Gasteiger partial charge in [-0.25, -0.2) is 0 Å². The number of rotatable bonds is 6. The lowest BCUT2D eigenvalue weighted by Gasteiger charge is -2.42. The lowest BCUT2D eigenvalue weighted by Crippen LogP contribution is -2.42. The Kier molecular flexibility index (Phi) is 4.62. The van der Waals surface area contributed by atoms with Crippen molar-refractivity contribution in [1.29, 1.82) is 0 Å². The maximum atomic E-state index is 12.2. The van der Waals surface area contributed by atoms with Gasteiger partial charge in [-0.2, -0.15) is 13.2 Å². The van der Waals surface area contributed by atoms with Crippen LogP contribution in [0.1, 0.15) is 32.6 Å². The molecule has 0 aromatic rings. The fourth-order valence-corrected chi connectivity index (χ4v) is 2.23. The van der Waals surface area contributed by atoms with Crippen LogP contribution < -0.4 is 5.73 Å². The van der Waals surface area contributed by atoms with Crippen LogP contribution in [0.4, 0.5) is 13.2 Å². The van der Waals surface area contributed by atoms with E-state index in [9.17, 15) is 13.2 Å². The van der Waals surface area contributed by atoms with E-state index in [1.54, 1.807) is 6.92 Å². The van der Waals surface area contributed by atoms with E-state index in [2.05, 4.69) is 0 Å². The minimum atomic E-state index is -4.09. The van der Waals surface area contributed by atoms with Gasteiger partial charge in [0.05, 0.1) is 6.54 Å². The van der Waals surface area contributed by atoms with Crippen LogP contribution in [0.3, 0.4) is 0 Å². The number of hydrogen-bond donors (Lipinski definition) is 1. The van der Waals surface area contributed by atoms with Crippen LogP contribution in [0, 0.1) is 5.41 Å². The van der Waals surface area contributed by atoms with Crippen LogP contribution in [0.25, 0.3) is 0 Å². The predicted octanol–water partition coefficient (Wildman–Crippen LogP) is 2.39. The van der Waals surface area contributed by atoms with Gasteiger partial charge < -0.3 is 5.73 Å². The van der Waals surface area contributed by atoms with E-state index in [0.29, 0.717) is 19.6 Å². The van der Waals surface area contributed by atoms with Crippen molar-refractivity contribution in [3.8, 4) is 0 Å². The van der Waals surface area contributed by atoms with Gasteiger partial charge in [0.2, 0.25) is 0 Å². The summed E-state index contributed by atoms with van der Waals surface area (Å²) >= 11 is 0. The molecular formula is C11H21F3N2. The molecule has 0 heterocycles. The van der Waals surface area contributed by atoms with E-state index in [4.69, 9.17) is 5.73 Å². The largest absolute Gasteiger partial charge is 0.401 e. The zero-order valence-electron chi connectivity index (χ0n) is 9.82. The molecule has 1 aliphatic carbocycles. The molecule has 5 heteroatoms. The highest BCUT2D eigenvalue weighted by molar-refractivity contribution is 4.89. The Labute approximate surface area is 95.0 Å². The van der Waals surface area contributed by atoms with Crippen molar-refractivity contribution in [2.45, 2.75) is 38.8 Å². The first-order chi connectivity index (χ1) is 7.41. The van der Waals surface area contributed by atoms with Crippen LogP contribution >= 0.6 is 0 Å². The Morgan fingerprint density at radius 1 is 1.31 bits per heavy atom. The minimum Gasteiger partial charge on any atom is -0.330 e. The molecular weight excluding hydrogens is 217 g/mol. The van der Waals surface area contributed by atoms with Crippen molar-refractivity contribution in [3.05, 3.63) is 0 Å². The molecule has 0 radical (unpaired) electrons. The lowest BCUT2D eigenvalue weighted by molar-refractivity contribution is -0.146. The van der Waals surface area contributed by atoms with Crippen molar-refractivity contribution in [2.75, 3.05) is 26.2 Å². The van der Waals surface area contributed by atoms with Gasteiger partial charge in [-0.05, 0) is 44.3 Å². The van der Waals surface area contributed by atoms with Gasteiger partial charge in [0, 0.05) is 0 Å². The second kappa shape index (κ2) is 5.36. The smallest absolute Gasteiger partial charge is 0.330 e. The van der Waals surface area contributed by atoms with Crippen molar-refractivity contribution in [3.63, 3.8) is 0 Å². The number of nitrogens with zero attached hydrogens (tertiary/aromatic N) is 1. The Morgan fingerprint density at radius 2 is 1.94 bits per heavy atom. The number of halogens is 3. The van der Waals surface area contributed by atoms with Crippen LogP contribution in [-0.4, -0.2) is 37.3 Å². The fourth-order valence-electron chi connectivity index (χ4n) is 2.23. The summed E-state index contributed by atoms with van der Waals surface area (Å²) in [5, 5.41) is 0. The monoisotopic (exact) mass is 238 g/mol. The maximum absolute atomic E-state index is 12.2. The van der Waals surface area contributed by atoms with Gasteiger partial charge in [0.1, 0.15) is 0 Å². The summed E-state index contributed by atoms with van der Waals surface area (Å²) in [6, 6.07) is 0. The van der Waals surface area contributed by atoms with Crippen molar-refractivity contribution in [2.24, 2.45) is 11.1 Å². The third-order valence-electron chi connectivity index (χ3n) is 3.66. The molecule has 0 atom stereocenters. The predicted molar refractivity (Wildman–Crippen MR) is 58.1 cm³/mol. The molecule has 96 valence electrons. The molecule has 1 fully saturated rings. The van der Waals surface area contributed by atoms with Crippen molar-refractivity contribution in [1.82, 2.24) is 4.90 Å². The Bertz CT molecular complexity index is 206. The average molecular weight is 238 g/mol.